The van der Waals surface area contributed by atoms with Gasteiger partial charge < -0.3 is 15.0 Å². The van der Waals surface area contributed by atoms with Gasteiger partial charge in [0.15, 0.2) is 5.11 Å². The fourth-order valence-electron chi connectivity index (χ4n) is 3.39. The highest BCUT2D eigenvalue weighted by Gasteiger charge is 2.16. The molecule has 0 amide bonds. The van der Waals surface area contributed by atoms with Crippen LogP contribution in [-0.2, 0) is 19.4 Å². The molecule has 3 aromatic carbocycles. The van der Waals surface area contributed by atoms with E-state index in [4.69, 9.17) is 17.0 Å². The first-order chi connectivity index (χ1) is 14.2. The SMILES string of the molecule is CCc1cccc(CC)c1NC(=S)N(Cc1ccccc1)c1ccc(OC)cc1. The molecule has 29 heavy (non-hydrogen) atoms. The molecule has 0 bridgehead atoms. The molecule has 0 aromatic heterocycles. The van der Waals surface area contributed by atoms with Gasteiger partial charge in [-0.1, -0.05) is 62.4 Å². The van der Waals surface area contributed by atoms with Crippen LogP contribution in [0.5, 0.6) is 5.75 Å². The second-order valence-electron chi connectivity index (χ2n) is 6.86. The summed E-state index contributed by atoms with van der Waals surface area (Å²) in [6.45, 7) is 5.04. The third-order valence-corrected chi connectivity index (χ3v) is 5.37. The van der Waals surface area contributed by atoms with E-state index in [1.807, 2.05) is 30.3 Å². The predicted octanol–water partition coefficient (Wildman–Crippen LogP) is 6.22. The summed E-state index contributed by atoms with van der Waals surface area (Å²) in [6, 6.07) is 24.9. The maximum absolute atomic E-state index is 5.90. The van der Waals surface area contributed by atoms with Crippen molar-refractivity contribution in [1.82, 2.24) is 0 Å². The highest BCUT2D eigenvalue weighted by Crippen LogP contribution is 2.26. The molecule has 0 unspecified atom stereocenters. The fourth-order valence-corrected chi connectivity index (χ4v) is 3.66. The molecule has 0 aliphatic carbocycles. The molecule has 0 spiro atoms. The number of nitrogens with zero attached hydrogens (tertiary/aromatic N) is 1. The predicted molar refractivity (Wildman–Crippen MR) is 127 cm³/mol. The van der Waals surface area contributed by atoms with E-state index in [2.05, 4.69) is 66.5 Å². The number of methoxy groups -OCH3 is 1. The van der Waals surface area contributed by atoms with Crippen LogP contribution in [0.15, 0.2) is 72.8 Å². The van der Waals surface area contributed by atoms with Gasteiger partial charge in [0.2, 0.25) is 0 Å². The maximum atomic E-state index is 5.90. The summed E-state index contributed by atoms with van der Waals surface area (Å²) in [5, 5.41) is 4.24. The third-order valence-electron chi connectivity index (χ3n) is 5.04. The van der Waals surface area contributed by atoms with Gasteiger partial charge in [0.25, 0.3) is 0 Å². The molecule has 3 aromatic rings. The quantitative estimate of drug-likeness (QED) is 0.472. The number of anilines is 2. The topological polar surface area (TPSA) is 24.5 Å². The summed E-state index contributed by atoms with van der Waals surface area (Å²) in [6.07, 6.45) is 1.92. The van der Waals surface area contributed by atoms with Gasteiger partial charge in [-0.15, -0.1) is 0 Å². The van der Waals surface area contributed by atoms with Crippen molar-refractivity contribution < 1.29 is 4.74 Å². The van der Waals surface area contributed by atoms with Crippen molar-refractivity contribution in [3.05, 3.63) is 89.5 Å². The van der Waals surface area contributed by atoms with Crippen LogP contribution in [-0.4, -0.2) is 12.2 Å². The van der Waals surface area contributed by atoms with Crippen molar-refractivity contribution in [2.45, 2.75) is 33.2 Å². The van der Waals surface area contributed by atoms with Crippen LogP contribution < -0.4 is 15.0 Å². The van der Waals surface area contributed by atoms with Gasteiger partial charge in [0.05, 0.1) is 13.7 Å². The number of thiocarbonyl (C=S) groups is 1. The molecular formula is C25H28N2OS. The van der Waals surface area contributed by atoms with Crippen molar-refractivity contribution >= 4 is 28.7 Å². The molecule has 0 heterocycles. The number of hydrogen-bond acceptors (Lipinski definition) is 2. The Bertz CT molecular complexity index is 917. The average Bonchev–Trinajstić information content (AvgIpc) is 2.78. The number of hydrogen-bond donors (Lipinski definition) is 1. The van der Waals surface area contributed by atoms with Gasteiger partial charge in [-0.2, -0.15) is 0 Å². The number of aryl methyl sites for hydroxylation is 2. The zero-order valence-corrected chi connectivity index (χ0v) is 18.1. The van der Waals surface area contributed by atoms with Crippen molar-refractivity contribution in [3.63, 3.8) is 0 Å². The summed E-state index contributed by atoms with van der Waals surface area (Å²) in [5.74, 6) is 0.830. The van der Waals surface area contributed by atoms with Crippen LogP contribution in [0.1, 0.15) is 30.5 Å². The van der Waals surface area contributed by atoms with E-state index in [0.717, 1.165) is 30.0 Å². The Kier molecular flexibility index (Phi) is 7.25. The van der Waals surface area contributed by atoms with Crippen molar-refractivity contribution in [2.24, 2.45) is 0 Å². The third kappa shape index (κ3) is 5.15. The molecule has 0 saturated carbocycles. The van der Waals surface area contributed by atoms with Crippen LogP contribution in [0.25, 0.3) is 0 Å². The zero-order valence-electron chi connectivity index (χ0n) is 17.3. The zero-order chi connectivity index (χ0) is 20.6. The minimum Gasteiger partial charge on any atom is -0.497 e. The smallest absolute Gasteiger partial charge is 0.178 e. The Labute approximate surface area is 179 Å². The summed E-state index contributed by atoms with van der Waals surface area (Å²) in [4.78, 5) is 2.13. The second-order valence-corrected chi connectivity index (χ2v) is 7.24. The van der Waals surface area contributed by atoms with E-state index < -0.39 is 0 Å². The lowest BCUT2D eigenvalue weighted by Crippen LogP contribution is -2.34. The molecule has 0 saturated heterocycles. The van der Waals surface area contributed by atoms with Gasteiger partial charge in [-0.25, -0.2) is 0 Å². The molecule has 0 atom stereocenters. The highest BCUT2D eigenvalue weighted by atomic mass is 32.1. The van der Waals surface area contributed by atoms with Crippen LogP contribution >= 0.6 is 12.2 Å². The Morgan fingerprint density at radius 2 is 1.48 bits per heavy atom. The van der Waals surface area contributed by atoms with Gasteiger partial charge >= 0.3 is 0 Å². The molecule has 0 radical (unpaired) electrons. The minimum absolute atomic E-state index is 0.689. The summed E-state index contributed by atoms with van der Waals surface area (Å²) in [5.41, 5.74) is 5.92. The largest absolute Gasteiger partial charge is 0.497 e. The summed E-state index contributed by atoms with van der Waals surface area (Å²) >= 11 is 5.90. The lowest BCUT2D eigenvalue weighted by atomic mass is 10.0. The van der Waals surface area contributed by atoms with Gasteiger partial charge in [-0.05, 0) is 66.0 Å². The molecule has 4 heteroatoms. The number of benzene rings is 3. The van der Waals surface area contributed by atoms with Gasteiger partial charge in [0, 0.05) is 11.4 Å². The standard InChI is InChI=1S/C25H28N2OS/c1-4-20-12-9-13-21(5-2)24(20)26-25(29)27(18-19-10-7-6-8-11-19)22-14-16-23(28-3)17-15-22/h6-17H,4-5,18H2,1-3H3,(H,26,29). The molecule has 1 N–H and O–H groups in total. The van der Waals surface area contributed by atoms with E-state index in [-0.39, 0.29) is 0 Å². The first-order valence-electron chi connectivity index (χ1n) is 10.0. The maximum Gasteiger partial charge on any atom is 0.178 e. The van der Waals surface area contributed by atoms with Crippen molar-refractivity contribution in [1.29, 1.82) is 0 Å². The number of nitrogens with one attached hydrogen (secondary N) is 1. The number of para-hydroxylation sites is 1. The van der Waals surface area contributed by atoms with Crippen molar-refractivity contribution in [3.8, 4) is 5.75 Å². The molecule has 0 fully saturated rings. The van der Waals surface area contributed by atoms with Crippen LogP contribution in [0.4, 0.5) is 11.4 Å². The van der Waals surface area contributed by atoms with E-state index in [1.165, 1.54) is 16.7 Å². The van der Waals surface area contributed by atoms with Crippen LogP contribution in [0.3, 0.4) is 0 Å². The Hall–Kier alpha value is -2.85. The normalized spacial score (nSPS) is 10.4. The lowest BCUT2D eigenvalue weighted by Gasteiger charge is -2.28. The van der Waals surface area contributed by atoms with Gasteiger partial charge in [0.1, 0.15) is 5.75 Å². The second kappa shape index (κ2) is 10.1. The van der Waals surface area contributed by atoms with E-state index >= 15 is 0 Å². The lowest BCUT2D eigenvalue weighted by molar-refractivity contribution is 0.415. The fraction of sp³-hybridized carbons (Fsp3) is 0.240. The molecule has 3 rings (SSSR count). The number of rotatable bonds is 7. The number of ether oxygens (including phenoxy) is 1. The Morgan fingerprint density at radius 1 is 0.862 bits per heavy atom. The highest BCUT2D eigenvalue weighted by molar-refractivity contribution is 7.80. The average molecular weight is 405 g/mol. The monoisotopic (exact) mass is 404 g/mol. The molecule has 0 aliphatic heterocycles. The van der Waals surface area contributed by atoms with E-state index in [1.54, 1.807) is 7.11 Å². The summed E-state index contributed by atoms with van der Waals surface area (Å²) < 4.78 is 5.32. The first-order valence-corrected chi connectivity index (χ1v) is 10.4. The molecular weight excluding hydrogens is 376 g/mol. The minimum atomic E-state index is 0.689. The van der Waals surface area contributed by atoms with E-state index in [0.29, 0.717) is 11.7 Å². The van der Waals surface area contributed by atoms with Crippen molar-refractivity contribution in [2.75, 3.05) is 17.3 Å². The first kappa shape index (κ1) is 20.9. The summed E-state index contributed by atoms with van der Waals surface area (Å²) in [7, 11) is 1.68. The van der Waals surface area contributed by atoms with Crippen LogP contribution in [0.2, 0.25) is 0 Å². The molecule has 150 valence electrons. The molecule has 0 aliphatic rings. The van der Waals surface area contributed by atoms with Gasteiger partial charge in [-0.3, -0.25) is 0 Å². The van der Waals surface area contributed by atoms with Crippen LogP contribution in [0, 0.1) is 0 Å². The molecule has 3 nitrogen and oxygen atoms in total. The van der Waals surface area contributed by atoms with E-state index in [9.17, 15) is 0 Å². The Balaban J connectivity index is 1.94. The Morgan fingerprint density at radius 3 is 2.03 bits per heavy atom.